The largest absolute Gasteiger partial charge is 0.495 e. The predicted molar refractivity (Wildman–Crippen MR) is 110 cm³/mol. The van der Waals surface area contributed by atoms with Gasteiger partial charge in [-0.2, -0.15) is 0 Å². The number of methoxy groups -OCH3 is 2. The topological polar surface area (TPSA) is 65.7 Å². The molecule has 1 atom stereocenters. The first-order valence-electron chi connectivity index (χ1n) is 8.85. The third-order valence-corrected chi connectivity index (χ3v) is 5.45. The van der Waals surface area contributed by atoms with E-state index in [0.717, 1.165) is 5.56 Å². The van der Waals surface area contributed by atoms with Gasteiger partial charge in [-0.05, 0) is 34.5 Å². The van der Waals surface area contributed by atoms with Crippen molar-refractivity contribution in [1.82, 2.24) is 0 Å². The molecule has 0 saturated heterocycles. The normalized spacial score (nSPS) is 12.0. The van der Waals surface area contributed by atoms with E-state index in [1.807, 2.05) is 31.2 Å². The maximum atomic E-state index is 13.4. The lowest BCUT2D eigenvalue weighted by Crippen LogP contribution is -2.16. The molecule has 0 spiro atoms. The van der Waals surface area contributed by atoms with E-state index in [9.17, 15) is 9.59 Å². The fraction of sp³-hybridized carbons (Fsp3) is 0.273. The summed E-state index contributed by atoms with van der Waals surface area (Å²) in [5.41, 5.74) is 2.42. The average Bonchev–Trinajstić information content (AvgIpc) is 3.05. The Balaban J connectivity index is 2.25. The molecular weight excluding hydrogens is 424 g/mol. The van der Waals surface area contributed by atoms with E-state index >= 15 is 0 Å². The molecule has 2 aromatic carbocycles. The highest BCUT2D eigenvalue weighted by molar-refractivity contribution is 9.10. The van der Waals surface area contributed by atoms with Gasteiger partial charge >= 0.3 is 5.97 Å². The summed E-state index contributed by atoms with van der Waals surface area (Å²) in [6.45, 7) is 3.65. The summed E-state index contributed by atoms with van der Waals surface area (Å²) < 4.78 is 17.0. The van der Waals surface area contributed by atoms with Gasteiger partial charge in [-0.1, -0.05) is 37.3 Å². The molecule has 3 rings (SSSR count). The van der Waals surface area contributed by atoms with Crippen LogP contribution in [-0.4, -0.2) is 26.0 Å². The summed E-state index contributed by atoms with van der Waals surface area (Å²) in [6, 6.07) is 10.8. The summed E-state index contributed by atoms with van der Waals surface area (Å²) in [4.78, 5) is 25.3. The molecule has 146 valence electrons. The van der Waals surface area contributed by atoms with E-state index in [4.69, 9.17) is 13.9 Å². The van der Waals surface area contributed by atoms with E-state index in [1.165, 1.54) is 7.11 Å². The Bertz CT molecular complexity index is 1040. The predicted octanol–water partition coefficient (Wildman–Crippen LogP) is 5.09. The molecule has 0 radical (unpaired) electrons. The minimum absolute atomic E-state index is 0.168. The molecule has 1 unspecified atom stereocenters. The van der Waals surface area contributed by atoms with Crippen LogP contribution in [-0.2, 0) is 16.0 Å². The van der Waals surface area contributed by atoms with Crippen molar-refractivity contribution in [3.05, 3.63) is 63.3 Å². The van der Waals surface area contributed by atoms with Crippen molar-refractivity contribution in [2.75, 3.05) is 14.2 Å². The first kappa shape index (κ1) is 20.1. The molecule has 28 heavy (non-hydrogen) atoms. The molecule has 5 nitrogen and oxygen atoms in total. The van der Waals surface area contributed by atoms with Crippen LogP contribution >= 0.6 is 15.9 Å². The molecule has 1 aromatic heterocycles. The van der Waals surface area contributed by atoms with Crippen LogP contribution in [0.1, 0.15) is 34.2 Å². The molecule has 1 heterocycles. The molecule has 0 N–H and O–H groups in total. The molecule has 0 aliphatic carbocycles. The Morgan fingerprint density at radius 2 is 1.86 bits per heavy atom. The Hall–Kier alpha value is -2.60. The second-order valence-corrected chi connectivity index (χ2v) is 7.43. The molecule has 0 saturated carbocycles. The minimum Gasteiger partial charge on any atom is -0.495 e. The van der Waals surface area contributed by atoms with Gasteiger partial charge in [-0.25, -0.2) is 0 Å². The highest BCUT2D eigenvalue weighted by atomic mass is 79.9. The third-order valence-electron chi connectivity index (χ3n) is 4.70. The maximum Gasteiger partial charge on any atom is 0.308 e. The Labute approximate surface area is 171 Å². The fourth-order valence-electron chi connectivity index (χ4n) is 3.30. The lowest BCUT2D eigenvalue weighted by atomic mass is 9.95. The van der Waals surface area contributed by atoms with Crippen LogP contribution in [0.15, 0.2) is 45.3 Å². The van der Waals surface area contributed by atoms with Crippen molar-refractivity contribution in [2.24, 2.45) is 5.92 Å². The molecule has 0 fully saturated rings. The number of aryl methyl sites for hydroxylation is 1. The Morgan fingerprint density at radius 3 is 2.46 bits per heavy atom. The van der Waals surface area contributed by atoms with Crippen molar-refractivity contribution in [1.29, 1.82) is 0 Å². The first-order valence-corrected chi connectivity index (χ1v) is 9.64. The van der Waals surface area contributed by atoms with Crippen molar-refractivity contribution >= 4 is 38.7 Å². The Kier molecular flexibility index (Phi) is 5.89. The van der Waals surface area contributed by atoms with Crippen molar-refractivity contribution in [2.45, 2.75) is 20.3 Å². The van der Waals surface area contributed by atoms with Gasteiger partial charge in [0, 0.05) is 17.4 Å². The van der Waals surface area contributed by atoms with Gasteiger partial charge in [0.05, 0.1) is 30.2 Å². The number of benzene rings is 2. The van der Waals surface area contributed by atoms with Gasteiger partial charge in [0.2, 0.25) is 0 Å². The average molecular weight is 445 g/mol. The van der Waals surface area contributed by atoms with Gasteiger partial charge in [0.25, 0.3) is 0 Å². The second kappa shape index (κ2) is 8.19. The maximum absolute atomic E-state index is 13.4. The standard InChI is InChI=1S/C22H21BrO5/c1-12-10-15-17(19(23)21(12)26-3)18(20(24)14-8-6-5-7-9-14)16(28-15)11-13(2)22(25)27-4/h5-10,13H,11H2,1-4H3. The fourth-order valence-corrected chi connectivity index (χ4v) is 4.16. The number of halogens is 1. The number of furan rings is 1. The molecular formula is C22H21BrO5. The lowest BCUT2D eigenvalue weighted by Gasteiger charge is -2.10. The van der Waals surface area contributed by atoms with E-state index in [-0.39, 0.29) is 18.2 Å². The van der Waals surface area contributed by atoms with E-state index in [2.05, 4.69) is 15.9 Å². The number of fused-ring (bicyclic) bond motifs is 1. The van der Waals surface area contributed by atoms with E-state index < -0.39 is 5.92 Å². The smallest absolute Gasteiger partial charge is 0.308 e. The number of carbonyl (C=O) groups is 2. The van der Waals surface area contributed by atoms with Crippen LogP contribution in [0, 0.1) is 12.8 Å². The van der Waals surface area contributed by atoms with Crippen molar-refractivity contribution < 1.29 is 23.5 Å². The highest BCUT2D eigenvalue weighted by Gasteiger charge is 2.28. The van der Waals surface area contributed by atoms with Crippen molar-refractivity contribution in [3.8, 4) is 5.75 Å². The molecule has 0 amide bonds. The molecule has 3 aromatic rings. The van der Waals surface area contributed by atoms with Gasteiger partial charge < -0.3 is 13.9 Å². The van der Waals surface area contributed by atoms with Gasteiger partial charge in [-0.15, -0.1) is 0 Å². The highest BCUT2D eigenvalue weighted by Crippen LogP contribution is 2.41. The number of ketones is 1. The van der Waals surface area contributed by atoms with Crippen LogP contribution < -0.4 is 4.74 Å². The van der Waals surface area contributed by atoms with Crippen LogP contribution in [0.5, 0.6) is 5.75 Å². The third kappa shape index (κ3) is 3.56. The number of carbonyl (C=O) groups excluding carboxylic acids is 2. The van der Waals surface area contributed by atoms with E-state index in [1.54, 1.807) is 26.2 Å². The number of hydrogen-bond donors (Lipinski definition) is 0. The van der Waals surface area contributed by atoms with Gasteiger partial charge in [0.1, 0.15) is 17.1 Å². The monoisotopic (exact) mass is 444 g/mol. The van der Waals surface area contributed by atoms with Gasteiger partial charge in [0.15, 0.2) is 5.78 Å². The molecule has 0 bridgehead atoms. The molecule has 6 heteroatoms. The summed E-state index contributed by atoms with van der Waals surface area (Å²) in [6.07, 6.45) is 0.253. The zero-order valence-corrected chi connectivity index (χ0v) is 17.8. The quantitative estimate of drug-likeness (QED) is 0.391. The minimum atomic E-state index is -0.449. The molecule has 0 aliphatic rings. The van der Waals surface area contributed by atoms with Gasteiger partial charge in [-0.3, -0.25) is 9.59 Å². The lowest BCUT2D eigenvalue weighted by molar-refractivity contribution is -0.144. The zero-order valence-electron chi connectivity index (χ0n) is 16.2. The van der Waals surface area contributed by atoms with Crippen LogP contribution in [0.4, 0.5) is 0 Å². The summed E-state index contributed by atoms with van der Waals surface area (Å²) in [5, 5.41) is 0.642. The molecule has 0 aliphatic heterocycles. The summed E-state index contributed by atoms with van der Waals surface area (Å²) >= 11 is 3.58. The number of rotatable bonds is 6. The first-order chi connectivity index (χ1) is 13.4. The van der Waals surface area contributed by atoms with Crippen LogP contribution in [0.3, 0.4) is 0 Å². The van der Waals surface area contributed by atoms with Crippen LogP contribution in [0.25, 0.3) is 11.0 Å². The van der Waals surface area contributed by atoms with Crippen LogP contribution in [0.2, 0.25) is 0 Å². The SMILES string of the molecule is COC(=O)C(C)Cc1oc2cc(C)c(OC)c(Br)c2c1C(=O)c1ccccc1. The number of hydrogen-bond acceptors (Lipinski definition) is 5. The second-order valence-electron chi connectivity index (χ2n) is 6.64. The van der Waals surface area contributed by atoms with Crippen molar-refractivity contribution in [3.63, 3.8) is 0 Å². The summed E-state index contributed by atoms with van der Waals surface area (Å²) in [5.74, 6) is 0.122. The zero-order chi connectivity index (χ0) is 20.4. The van der Waals surface area contributed by atoms with E-state index in [0.29, 0.717) is 38.1 Å². The summed E-state index contributed by atoms with van der Waals surface area (Å²) in [7, 11) is 2.93. The Morgan fingerprint density at radius 1 is 1.18 bits per heavy atom. The number of ether oxygens (including phenoxy) is 2. The number of esters is 1.